The molecule has 2 aliphatic heterocycles. The second kappa shape index (κ2) is 6.83. The van der Waals surface area contributed by atoms with Gasteiger partial charge in [0.1, 0.15) is 5.92 Å². The van der Waals surface area contributed by atoms with Crippen LogP contribution >= 0.6 is 0 Å². The number of nitrogens with zero attached hydrogens (tertiary/aromatic N) is 3. The van der Waals surface area contributed by atoms with Gasteiger partial charge in [-0.2, -0.15) is 0 Å². The Hall–Kier alpha value is -3.51. The van der Waals surface area contributed by atoms with Gasteiger partial charge in [0.15, 0.2) is 6.10 Å². The first-order valence-corrected chi connectivity index (χ1v) is 9.50. The van der Waals surface area contributed by atoms with Gasteiger partial charge in [-0.05, 0) is 48.9 Å². The summed E-state index contributed by atoms with van der Waals surface area (Å²) < 4.78 is 0. The van der Waals surface area contributed by atoms with Crippen LogP contribution in [0.1, 0.15) is 17.2 Å². The number of hydrogen-bond acceptors (Lipinski definition) is 5. The van der Waals surface area contributed by atoms with Gasteiger partial charge in [0.25, 0.3) is 5.91 Å². The minimum absolute atomic E-state index is 0.246. The van der Waals surface area contributed by atoms with Crippen LogP contribution in [0.4, 0.5) is 11.4 Å². The number of anilines is 2. The van der Waals surface area contributed by atoms with Crippen LogP contribution in [0.5, 0.6) is 0 Å². The third kappa shape index (κ3) is 2.80. The van der Waals surface area contributed by atoms with Gasteiger partial charge in [-0.1, -0.05) is 35.9 Å². The molecule has 6 heteroatoms. The zero-order valence-electron chi connectivity index (χ0n) is 15.8. The van der Waals surface area contributed by atoms with Gasteiger partial charge in [0.05, 0.1) is 17.4 Å². The molecule has 0 saturated carbocycles. The number of fused-ring (bicyclic) bond motifs is 1. The molecule has 0 N–H and O–H groups in total. The molecule has 3 atom stereocenters. The summed E-state index contributed by atoms with van der Waals surface area (Å²) in [6, 6.07) is 20.2. The van der Waals surface area contributed by atoms with E-state index in [4.69, 9.17) is 4.84 Å². The second-order valence-corrected chi connectivity index (χ2v) is 7.29. The quantitative estimate of drug-likeness (QED) is 0.647. The number of carbonyl (C=O) groups excluding carboxylic acids is 2. The molecule has 0 bridgehead atoms. The molecule has 1 aromatic heterocycles. The molecule has 29 heavy (non-hydrogen) atoms. The molecular weight excluding hydrogens is 366 g/mol. The summed E-state index contributed by atoms with van der Waals surface area (Å²) in [6.45, 7) is 1.96. The van der Waals surface area contributed by atoms with Crippen molar-refractivity contribution < 1.29 is 14.4 Å². The molecule has 5 rings (SSSR count). The van der Waals surface area contributed by atoms with Crippen LogP contribution in [-0.2, 0) is 14.4 Å². The van der Waals surface area contributed by atoms with Crippen LogP contribution in [0.3, 0.4) is 0 Å². The van der Waals surface area contributed by atoms with Gasteiger partial charge in [-0.25, -0.2) is 9.96 Å². The summed E-state index contributed by atoms with van der Waals surface area (Å²) in [5.74, 6) is -1.21. The van der Waals surface area contributed by atoms with Crippen molar-refractivity contribution in [3.63, 3.8) is 0 Å². The molecule has 0 aliphatic carbocycles. The van der Waals surface area contributed by atoms with Crippen molar-refractivity contribution in [1.82, 2.24) is 4.98 Å². The zero-order chi connectivity index (χ0) is 20.0. The molecule has 6 nitrogen and oxygen atoms in total. The van der Waals surface area contributed by atoms with Gasteiger partial charge < -0.3 is 0 Å². The van der Waals surface area contributed by atoms with Crippen molar-refractivity contribution in [2.45, 2.75) is 19.1 Å². The Balaban J connectivity index is 1.58. The molecule has 0 radical (unpaired) electrons. The van der Waals surface area contributed by atoms with E-state index < -0.39 is 18.1 Å². The molecule has 2 aliphatic rings. The summed E-state index contributed by atoms with van der Waals surface area (Å²) in [6.07, 6.45) is 2.51. The fourth-order valence-corrected chi connectivity index (χ4v) is 4.06. The van der Waals surface area contributed by atoms with E-state index in [2.05, 4.69) is 4.98 Å². The third-order valence-electron chi connectivity index (χ3n) is 5.47. The molecule has 0 spiro atoms. The highest BCUT2D eigenvalue weighted by atomic mass is 16.7. The summed E-state index contributed by atoms with van der Waals surface area (Å²) in [4.78, 5) is 38.0. The lowest BCUT2D eigenvalue weighted by Crippen LogP contribution is -2.37. The van der Waals surface area contributed by atoms with Crippen molar-refractivity contribution in [3.05, 3.63) is 90.3 Å². The average molecular weight is 385 g/mol. The molecule has 2 aromatic carbocycles. The Kier molecular flexibility index (Phi) is 4.14. The van der Waals surface area contributed by atoms with Crippen LogP contribution in [0, 0.1) is 12.8 Å². The van der Waals surface area contributed by atoms with Crippen LogP contribution in [0.2, 0.25) is 0 Å². The Morgan fingerprint density at radius 2 is 1.52 bits per heavy atom. The summed E-state index contributed by atoms with van der Waals surface area (Å²) in [5, 5.41) is 1.69. The van der Waals surface area contributed by atoms with E-state index in [0.29, 0.717) is 5.69 Å². The van der Waals surface area contributed by atoms with Crippen LogP contribution in [0.15, 0.2) is 79.1 Å². The normalized spacial score (nSPS) is 23.6. The monoisotopic (exact) mass is 385 g/mol. The van der Waals surface area contributed by atoms with E-state index in [1.54, 1.807) is 29.6 Å². The molecular formula is C23H19N3O3. The summed E-state index contributed by atoms with van der Waals surface area (Å²) in [5.41, 5.74) is 3.31. The minimum Gasteiger partial charge on any atom is -0.273 e. The number of rotatable bonds is 3. The number of pyridine rings is 1. The van der Waals surface area contributed by atoms with Crippen molar-refractivity contribution in [2.24, 2.45) is 5.92 Å². The Bertz CT molecular complexity index is 1050. The third-order valence-corrected chi connectivity index (χ3v) is 5.47. The van der Waals surface area contributed by atoms with E-state index in [9.17, 15) is 9.59 Å². The maximum absolute atomic E-state index is 13.4. The number of aromatic nitrogens is 1. The second-order valence-electron chi connectivity index (χ2n) is 7.29. The van der Waals surface area contributed by atoms with Gasteiger partial charge in [-0.15, -0.1) is 0 Å². The summed E-state index contributed by atoms with van der Waals surface area (Å²) >= 11 is 0. The number of amides is 2. The number of carbonyl (C=O) groups is 2. The maximum atomic E-state index is 13.4. The molecule has 0 unspecified atom stereocenters. The number of imide groups is 1. The molecule has 2 saturated heterocycles. The highest BCUT2D eigenvalue weighted by Gasteiger charge is 2.60. The van der Waals surface area contributed by atoms with Crippen LogP contribution in [-0.4, -0.2) is 22.9 Å². The zero-order valence-corrected chi connectivity index (χ0v) is 15.8. The van der Waals surface area contributed by atoms with E-state index in [1.165, 1.54) is 4.90 Å². The van der Waals surface area contributed by atoms with Crippen LogP contribution in [0.25, 0.3) is 0 Å². The smallest absolute Gasteiger partial charge is 0.266 e. The predicted molar refractivity (Wildman–Crippen MR) is 108 cm³/mol. The predicted octanol–water partition coefficient (Wildman–Crippen LogP) is 3.44. The fraction of sp³-hybridized carbons (Fsp3) is 0.174. The van der Waals surface area contributed by atoms with Gasteiger partial charge >= 0.3 is 0 Å². The van der Waals surface area contributed by atoms with Crippen molar-refractivity contribution in [3.8, 4) is 0 Å². The van der Waals surface area contributed by atoms with Gasteiger partial charge in [0.2, 0.25) is 5.91 Å². The Morgan fingerprint density at radius 1 is 0.828 bits per heavy atom. The van der Waals surface area contributed by atoms with Gasteiger partial charge in [0, 0.05) is 12.4 Å². The van der Waals surface area contributed by atoms with Crippen LogP contribution < -0.4 is 9.96 Å². The van der Waals surface area contributed by atoms with Crippen molar-refractivity contribution in [2.75, 3.05) is 9.96 Å². The molecule has 3 heterocycles. The number of benzene rings is 2. The number of aryl methyl sites for hydroxylation is 1. The largest absolute Gasteiger partial charge is 0.273 e. The first-order chi connectivity index (χ1) is 14.1. The summed E-state index contributed by atoms with van der Waals surface area (Å²) in [7, 11) is 0. The lowest BCUT2D eigenvalue weighted by atomic mass is 9.91. The fourth-order valence-electron chi connectivity index (χ4n) is 4.06. The highest BCUT2D eigenvalue weighted by molar-refractivity contribution is 6.23. The van der Waals surface area contributed by atoms with E-state index >= 15 is 0 Å². The lowest BCUT2D eigenvalue weighted by molar-refractivity contribution is -0.126. The first-order valence-electron chi connectivity index (χ1n) is 9.50. The van der Waals surface area contributed by atoms with Gasteiger partial charge in [-0.3, -0.25) is 19.4 Å². The molecule has 144 valence electrons. The Morgan fingerprint density at radius 3 is 2.21 bits per heavy atom. The SMILES string of the molecule is Cc1ccc(N2C(=O)[C@@H]3[C@@H](ON(c4ccccc4)[C@H]3c3ccncc3)C2=O)cc1. The maximum Gasteiger partial charge on any atom is 0.266 e. The van der Waals surface area contributed by atoms with E-state index in [-0.39, 0.29) is 11.8 Å². The van der Waals surface area contributed by atoms with E-state index in [1.807, 2.05) is 61.5 Å². The standard InChI is InChI=1S/C23H19N3O3/c1-15-7-9-17(10-8-15)25-22(27)19-20(16-11-13-24-14-12-16)26(29-21(19)23(25)28)18-5-3-2-4-6-18/h2-14,19-21H,1H3/t19-,20-,21+/m0/s1. The van der Waals surface area contributed by atoms with E-state index in [0.717, 1.165) is 16.8 Å². The topological polar surface area (TPSA) is 62.7 Å². The lowest BCUT2D eigenvalue weighted by Gasteiger charge is -2.28. The minimum atomic E-state index is -0.859. The Labute approximate surface area is 168 Å². The molecule has 2 amide bonds. The number of hydrogen-bond donors (Lipinski definition) is 0. The highest BCUT2D eigenvalue weighted by Crippen LogP contribution is 2.47. The average Bonchev–Trinajstić information content (AvgIpc) is 3.27. The van der Waals surface area contributed by atoms with Crippen molar-refractivity contribution in [1.29, 1.82) is 0 Å². The number of para-hydroxylation sites is 1. The number of hydroxylamine groups is 1. The first kappa shape index (κ1) is 17.6. The molecule has 2 fully saturated rings. The molecule has 3 aromatic rings. The van der Waals surface area contributed by atoms with Crippen molar-refractivity contribution >= 4 is 23.2 Å².